The molecule has 1 unspecified atom stereocenters. The number of carbonyl (C=O) groups excluding carboxylic acids is 1. The van der Waals surface area contributed by atoms with E-state index in [-0.39, 0.29) is 5.91 Å². The van der Waals surface area contributed by atoms with Gasteiger partial charge in [-0.05, 0) is 35.4 Å². The van der Waals surface area contributed by atoms with Gasteiger partial charge in [-0.3, -0.25) is 4.79 Å². The van der Waals surface area contributed by atoms with E-state index in [2.05, 4.69) is 20.3 Å². The van der Waals surface area contributed by atoms with Crippen LogP contribution in [0.3, 0.4) is 0 Å². The van der Waals surface area contributed by atoms with Gasteiger partial charge in [-0.2, -0.15) is 0 Å². The number of hydrogen-bond acceptors (Lipinski definition) is 5. The van der Waals surface area contributed by atoms with Gasteiger partial charge >= 0.3 is 0 Å². The maximum absolute atomic E-state index is 12.9. The molecule has 3 rings (SSSR count). The third-order valence-electron chi connectivity index (χ3n) is 4.30. The van der Waals surface area contributed by atoms with E-state index in [1.54, 1.807) is 43.8 Å². The first-order valence-electron chi connectivity index (χ1n) is 8.71. The minimum Gasteiger partial charge on any atom is -0.497 e. The number of benzene rings is 2. The number of aryl methyl sites for hydroxylation is 1. The number of amides is 1. The molecule has 1 atom stereocenters. The number of aromatic nitrogens is 2. The zero-order valence-electron chi connectivity index (χ0n) is 16.0. The molecule has 0 saturated carbocycles. The van der Waals surface area contributed by atoms with Crippen molar-refractivity contribution >= 4 is 12.1 Å². The summed E-state index contributed by atoms with van der Waals surface area (Å²) >= 11 is 0. The molecule has 7 heteroatoms. The Hall–Kier alpha value is -3.61. The summed E-state index contributed by atoms with van der Waals surface area (Å²) in [5, 5.41) is 6.79. The third-order valence-corrected chi connectivity index (χ3v) is 4.30. The lowest BCUT2D eigenvalue weighted by Gasteiger charge is -2.20. The van der Waals surface area contributed by atoms with E-state index < -0.39 is 6.04 Å². The van der Waals surface area contributed by atoms with Gasteiger partial charge in [0.15, 0.2) is 0 Å². The van der Waals surface area contributed by atoms with Gasteiger partial charge in [0.2, 0.25) is 0 Å². The van der Waals surface area contributed by atoms with Gasteiger partial charge in [0.25, 0.3) is 5.91 Å². The summed E-state index contributed by atoms with van der Waals surface area (Å²) in [5.41, 5.74) is 2.26. The van der Waals surface area contributed by atoms with Crippen molar-refractivity contribution in [1.82, 2.24) is 14.9 Å². The molecule has 7 nitrogen and oxygen atoms in total. The van der Waals surface area contributed by atoms with Crippen molar-refractivity contribution in [1.29, 1.82) is 0 Å². The van der Waals surface area contributed by atoms with Crippen molar-refractivity contribution in [2.75, 3.05) is 14.2 Å². The van der Waals surface area contributed by atoms with E-state index in [4.69, 9.17) is 4.74 Å². The van der Waals surface area contributed by atoms with Crippen LogP contribution in [0.5, 0.6) is 5.75 Å². The number of ether oxygens (including phenoxy) is 1. The number of nitrogens with one attached hydrogen (secondary N) is 1. The normalized spacial score (nSPS) is 12.0. The molecule has 1 heterocycles. The summed E-state index contributed by atoms with van der Waals surface area (Å²) in [5.74, 6) is 1.24. The van der Waals surface area contributed by atoms with E-state index in [0.29, 0.717) is 11.3 Å². The molecule has 0 bridgehead atoms. The van der Waals surface area contributed by atoms with Gasteiger partial charge in [0, 0.05) is 25.0 Å². The monoisotopic (exact) mass is 378 g/mol. The van der Waals surface area contributed by atoms with Crippen LogP contribution in [0.4, 0.5) is 0 Å². The molecular weight excluding hydrogens is 356 g/mol. The van der Waals surface area contributed by atoms with Crippen LogP contribution in [-0.2, 0) is 11.9 Å². The van der Waals surface area contributed by atoms with Crippen LogP contribution in [0.2, 0.25) is 0 Å². The van der Waals surface area contributed by atoms with Gasteiger partial charge < -0.3 is 19.5 Å². The molecular formula is C21H22N4O3. The molecule has 1 N–H and O–H groups in total. The quantitative estimate of drug-likeness (QED) is 0.507. The molecule has 3 aromatic rings. The summed E-state index contributed by atoms with van der Waals surface area (Å²) in [4.78, 5) is 22.0. The summed E-state index contributed by atoms with van der Waals surface area (Å²) in [7, 11) is 4.99. The lowest BCUT2D eigenvalue weighted by Crippen LogP contribution is -2.31. The molecule has 1 aromatic heterocycles. The van der Waals surface area contributed by atoms with E-state index in [9.17, 15) is 4.79 Å². The molecule has 0 saturated heterocycles. The highest BCUT2D eigenvalue weighted by Crippen LogP contribution is 2.24. The van der Waals surface area contributed by atoms with Crippen LogP contribution < -0.4 is 10.1 Å². The number of carbonyl (C=O) groups is 1. The Morgan fingerprint density at radius 1 is 1.21 bits per heavy atom. The fraction of sp³-hybridized carbons (Fsp3) is 0.190. The third kappa shape index (κ3) is 4.37. The fourth-order valence-corrected chi connectivity index (χ4v) is 2.82. The second-order valence-corrected chi connectivity index (χ2v) is 6.12. The van der Waals surface area contributed by atoms with Crippen LogP contribution in [0.25, 0.3) is 0 Å². The molecule has 28 heavy (non-hydrogen) atoms. The Bertz CT molecular complexity index is 964. The van der Waals surface area contributed by atoms with E-state index in [1.807, 2.05) is 42.1 Å². The summed E-state index contributed by atoms with van der Waals surface area (Å²) in [6.45, 7) is 0. The first kappa shape index (κ1) is 19.2. The average Bonchev–Trinajstić information content (AvgIpc) is 3.16. The molecule has 0 radical (unpaired) electrons. The number of nitrogens with zero attached hydrogens (tertiary/aromatic N) is 3. The van der Waals surface area contributed by atoms with Crippen LogP contribution in [0.1, 0.15) is 33.4 Å². The molecule has 0 aliphatic rings. The van der Waals surface area contributed by atoms with Crippen molar-refractivity contribution < 1.29 is 14.4 Å². The minimum atomic E-state index is -0.419. The number of oxime groups is 1. The predicted molar refractivity (Wildman–Crippen MR) is 107 cm³/mol. The Labute approximate surface area is 163 Å². The van der Waals surface area contributed by atoms with Crippen molar-refractivity contribution in [2.24, 2.45) is 12.2 Å². The SMILES string of the molecule is CO/N=C/c1ccc(C(=O)NC(c2cccc(OC)c2)c2nccn2C)cc1. The predicted octanol–water partition coefficient (Wildman–Crippen LogP) is 2.93. The summed E-state index contributed by atoms with van der Waals surface area (Å²) in [6.07, 6.45) is 5.13. The summed E-state index contributed by atoms with van der Waals surface area (Å²) in [6, 6.07) is 14.3. The van der Waals surface area contributed by atoms with Crippen molar-refractivity contribution in [2.45, 2.75) is 6.04 Å². The van der Waals surface area contributed by atoms with Gasteiger partial charge in [0.1, 0.15) is 24.7 Å². The van der Waals surface area contributed by atoms with Gasteiger partial charge in [-0.25, -0.2) is 4.98 Å². The molecule has 2 aromatic carbocycles. The standard InChI is InChI=1S/C21H22N4O3/c1-25-12-11-22-20(25)19(17-5-4-6-18(13-17)27-2)24-21(26)16-9-7-15(8-10-16)14-23-28-3/h4-14,19H,1-3H3,(H,24,26)/b23-14+. The highest BCUT2D eigenvalue weighted by Gasteiger charge is 2.22. The smallest absolute Gasteiger partial charge is 0.252 e. The Kier molecular flexibility index (Phi) is 6.06. The Balaban J connectivity index is 1.88. The number of methoxy groups -OCH3 is 1. The molecule has 0 fully saturated rings. The van der Waals surface area contributed by atoms with Crippen molar-refractivity contribution in [3.63, 3.8) is 0 Å². The average molecular weight is 378 g/mol. The second kappa shape index (κ2) is 8.85. The zero-order valence-corrected chi connectivity index (χ0v) is 16.0. The first-order valence-corrected chi connectivity index (χ1v) is 8.71. The molecule has 144 valence electrons. The first-order chi connectivity index (χ1) is 13.6. The zero-order chi connectivity index (χ0) is 19.9. The fourth-order valence-electron chi connectivity index (χ4n) is 2.82. The Morgan fingerprint density at radius 2 is 2.00 bits per heavy atom. The Morgan fingerprint density at radius 3 is 2.64 bits per heavy atom. The maximum Gasteiger partial charge on any atom is 0.252 e. The molecule has 1 amide bonds. The number of hydrogen-bond donors (Lipinski definition) is 1. The minimum absolute atomic E-state index is 0.203. The number of rotatable bonds is 7. The summed E-state index contributed by atoms with van der Waals surface area (Å²) < 4.78 is 7.21. The van der Waals surface area contributed by atoms with E-state index in [1.165, 1.54) is 7.11 Å². The van der Waals surface area contributed by atoms with Crippen molar-refractivity contribution in [3.8, 4) is 5.75 Å². The highest BCUT2D eigenvalue weighted by atomic mass is 16.6. The topological polar surface area (TPSA) is 77.7 Å². The molecule has 0 aliphatic heterocycles. The largest absolute Gasteiger partial charge is 0.497 e. The van der Waals surface area contributed by atoms with Gasteiger partial charge in [-0.1, -0.05) is 29.4 Å². The van der Waals surface area contributed by atoms with Crippen LogP contribution in [-0.4, -0.2) is 35.9 Å². The van der Waals surface area contributed by atoms with Crippen LogP contribution in [0.15, 0.2) is 66.1 Å². The lowest BCUT2D eigenvalue weighted by atomic mass is 10.0. The van der Waals surface area contributed by atoms with Crippen LogP contribution in [0, 0.1) is 0 Å². The second-order valence-electron chi connectivity index (χ2n) is 6.12. The van der Waals surface area contributed by atoms with Gasteiger partial charge in [0.05, 0.1) is 13.3 Å². The van der Waals surface area contributed by atoms with E-state index >= 15 is 0 Å². The van der Waals surface area contributed by atoms with E-state index in [0.717, 1.165) is 17.0 Å². The van der Waals surface area contributed by atoms with Crippen molar-refractivity contribution in [3.05, 3.63) is 83.4 Å². The molecule has 0 spiro atoms. The van der Waals surface area contributed by atoms with Gasteiger partial charge in [-0.15, -0.1) is 0 Å². The maximum atomic E-state index is 12.9. The highest BCUT2D eigenvalue weighted by molar-refractivity contribution is 5.95. The van der Waals surface area contributed by atoms with Crippen LogP contribution >= 0.6 is 0 Å². The number of imidazole rings is 1. The lowest BCUT2D eigenvalue weighted by molar-refractivity contribution is 0.0941. The molecule has 0 aliphatic carbocycles.